The molecule has 0 aromatic heterocycles. The van der Waals surface area contributed by atoms with Crippen LogP contribution in [0.2, 0.25) is 0 Å². The van der Waals surface area contributed by atoms with E-state index in [9.17, 15) is 9.59 Å². The van der Waals surface area contributed by atoms with Gasteiger partial charge >= 0.3 is 5.97 Å². The number of ether oxygens (including phenoxy) is 1. The molecule has 28 heavy (non-hydrogen) atoms. The Bertz CT molecular complexity index is 724. The van der Waals surface area contributed by atoms with Crippen molar-refractivity contribution in [2.45, 2.75) is 59.9 Å². The maximum atomic E-state index is 12.7. The first kappa shape index (κ1) is 20.7. The molecule has 0 spiro atoms. The van der Waals surface area contributed by atoms with E-state index < -0.39 is 5.97 Å². The molecule has 1 aliphatic carbocycles. The highest BCUT2D eigenvalue weighted by Gasteiger charge is 2.50. The molecular formula is C23H34N2O3. The van der Waals surface area contributed by atoms with Gasteiger partial charge in [0.15, 0.2) is 6.61 Å². The summed E-state index contributed by atoms with van der Waals surface area (Å²) in [6.45, 7) is 13.5. The average Bonchev–Trinajstić information content (AvgIpc) is 2.90. The fourth-order valence-corrected chi connectivity index (χ4v) is 5.44. The van der Waals surface area contributed by atoms with Crippen LogP contribution in [0.4, 0.5) is 5.69 Å². The molecule has 0 N–H and O–H groups in total. The zero-order valence-corrected chi connectivity index (χ0v) is 18.0. The first-order valence-electron chi connectivity index (χ1n) is 10.5. The smallest absolute Gasteiger partial charge is 0.338 e. The molecule has 1 saturated heterocycles. The molecule has 5 nitrogen and oxygen atoms in total. The zero-order chi connectivity index (χ0) is 20.5. The van der Waals surface area contributed by atoms with Gasteiger partial charge in [0.1, 0.15) is 0 Å². The fraction of sp³-hybridized carbons (Fsp3) is 0.652. The summed E-state index contributed by atoms with van der Waals surface area (Å²) < 4.78 is 5.34. The van der Waals surface area contributed by atoms with Crippen molar-refractivity contribution in [3.05, 3.63) is 29.8 Å². The molecule has 3 rings (SSSR count). The molecule has 2 atom stereocenters. The van der Waals surface area contributed by atoms with Gasteiger partial charge in [-0.25, -0.2) is 4.79 Å². The number of benzene rings is 1. The van der Waals surface area contributed by atoms with Crippen molar-refractivity contribution < 1.29 is 14.3 Å². The summed E-state index contributed by atoms with van der Waals surface area (Å²) in [7, 11) is 0. The highest BCUT2D eigenvalue weighted by molar-refractivity contribution is 5.91. The molecule has 0 unspecified atom stereocenters. The van der Waals surface area contributed by atoms with E-state index in [0.29, 0.717) is 5.56 Å². The number of likely N-dealkylation sites (tertiary alicyclic amines) is 1. The molecule has 154 valence electrons. The van der Waals surface area contributed by atoms with E-state index in [2.05, 4.69) is 39.5 Å². The van der Waals surface area contributed by atoms with Crippen LogP contribution in [0.15, 0.2) is 24.3 Å². The predicted octanol–water partition coefficient (Wildman–Crippen LogP) is 4.12. The number of nitrogens with zero attached hydrogens (tertiary/aromatic N) is 2. The van der Waals surface area contributed by atoms with Crippen LogP contribution in [-0.4, -0.2) is 49.1 Å². The SMILES string of the molecule is CCN(CC)c1ccc(C(=O)OCC(=O)N2C[C@]3(C)C[C@H]2CC(C)(C)C3)cc1. The summed E-state index contributed by atoms with van der Waals surface area (Å²) in [5.74, 6) is -0.507. The van der Waals surface area contributed by atoms with Crippen LogP contribution < -0.4 is 4.90 Å². The Morgan fingerprint density at radius 3 is 2.36 bits per heavy atom. The van der Waals surface area contributed by atoms with Crippen molar-refractivity contribution in [2.75, 3.05) is 31.1 Å². The summed E-state index contributed by atoms with van der Waals surface area (Å²) in [4.78, 5) is 29.3. The number of carbonyl (C=O) groups is 2. The third-order valence-electron chi connectivity index (χ3n) is 6.29. The second kappa shape index (κ2) is 7.76. The van der Waals surface area contributed by atoms with E-state index in [1.54, 1.807) is 12.1 Å². The Morgan fingerprint density at radius 1 is 1.11 bits per heavy atom. The van der Waals surface area contributed by atoms with Gasteiger partial charge in [0.2, 0.25) is 0 Å². The van der Waals surface area contributed by atoms with Gasteiger partial charge in [0, 0.05) is 31.4 Å². The number of esters is 1. The Balaban J connectivity index is 1.57. The number of hydrogen-bond donors (Lipinski definition) is 0. The quantitative estimate of drug-likeness (QED) is 0.690. The van der Waals surface area contributed by atoms with Crippen LogP contribution in [-0.2, 0) is 9.53 Å². The number of amides is 1. The molecule has 0 radical (unpaired) electrons. The van der Waals surface area contributed by atoms with Crippen LogP contribution >= 0.6 is 0 Å². The number of hydrogen-bond acceptors (Lipinski definition) is 4. The summed E-state index contributed by atoms with van der Waals surface area (Å²) in [6.07, 6.45) is 3.22. The second-order valence-corrected chi connectivity index (χ2v) is 9.53. The standard InChI is InChI=1S/C23H34N2O3/c1-6-24(7-2)18-10-8-17(9-11-18)21(27)28-14-20(26)25-16-23(5)13-19(25)12-22(3,4)15-23/h8-11,19H,6-7,12-16H2,1-5H3/t19-,23-/m1/s1. The summed E-state index contributed by atoms with van der Waals surface area (Å²) in [5.41, 5.74) is 2.01. The van der Waals surface area contributed by atoms with Gasteiger partial charge in [-0.2, -0.15) is 0 Å². The molecule has 1 aliphatic heterocycles. The Labute approximate surface area is 169 Å². The van der Waals surface area contributed by atoms with E-state index in [1.165, 1.54) is 0 Å². The molecule has 1 aromatic carbocycles. The maximum absolute atomic E-state index is 12.7. The minimum atomic E-state index is -0.437. The maximum Gasteiger partial charge on any atom is 0.338 e. The molecule has 1 saturated carbocycles. The molecule has 2 aliphatic rings. The summed E-state index contributed by atoms with van der Waals surface area (Å²) in [5, 5.41) is 0. The third-order valence-corrected chi connectivity index (χ3v) is 6.29. The number of anilines is 1. The van der Waals surface area contributed by atoms with Gasteiger partial charge in [-0.15, -0.1) is 0 Å². The largest absolute Gasteiger partial charge is 0.452 e. The topological polar surface area (TPSA) is 49.9 Å². The second-order valence-electron chi connectivity index (χ2n) is 9.53. The van der Waals surface area contributed by atoms with E-state index >= 15 is 0 Å². The number of fused-ring (bicyclic) bond motifs is 2. The Hall–Kier alpha value is -2.04. The molecule has 2 fully saturated rings. The minimum Gasteiger partial charge on any atom is -0.452 e. The highest BCUT2D eigenvalue weighted by Crippen LogP contribution is 2.52. The summed E-state index contributed by atoms with van der Waals surface area (Å²) in [6, 6.07) is 7.67. The van der Waals surface area contributed by atoms with E-state index in [0.717, 1.165) is 44.6 Å². The minimum absolute atomic E-state index is 0.0699. The molecule has 5 heteroatoms. The monoisotopic (exact) mass is 386 g/mol. The van der Waals surface area contributed by atoms with Crippen LogP contribution in [0.3, 0.4) is 0 Å². The van der Waals surface area contributed by atoms with E-state index in [-0.39, 0.29) is 29.4 Å². The lowest BCUT2D eigenvalue weighted by atomic mass is 9.65. The van der Waals surface area contributed by atoms with Gasteiger partial charge < -0.3 is 14.5 Å². The van der Waals surface area contributed by atoms with Crippen molar-refractivity contribution in [3.8, 4) is 0 Å². The van der Waals surface area contributed by atoms with Crippen molar-refractivity contribution in [2.24, 2.45) is 10.8 Å². The van der Waals surface area contributed by atoms with Crippen LogP contribution in [0.25, 0.3) is 0 Å². The van der Waals surface area contributed by atoms with Gasteiger partial charge in [-0.05, 0) is 68.2 Å². The van der Waals surface area contributed by atoms with Crippen LogP contribution in [0.1, 0.15) is 64.2 Å². The Morgan fingerprint density at radius 2 is 1.75 bits per heavy atom. The normalized spacial score (nSPS) is 25.5. The first-order chi connectivity index (χ1) is 13.2. The number of rotatable bonds is 6. The van der Waals surface area contributed by atoms with Crippen LogP contribution in [0.5, 0.6) is 0 Å². The zero-order valence-electron chi connectivity index (χ0n) is 18.0. The van der Waals surface area contributed by atoms with Crippen molar-refractivity contribution in [1.29, 1.82) is 0 Å². The number of carbonyl (C=O) groups excluding carboxylic acids is 2. The molecular weight excluding hydrogens is 352 g/mol. The van der Waals surface area contributed by atoms with Crippen molar-refractivity contribution in [1.82, 2.24) is 4.90 Å². The van der Waals surface area contributed by atoms with Crippen molar-refractivity contribution >= 4 is 17.6 Å². The van der Waals surface area contributed by atoms with Crippen molar-refractivity contribution in [3.63, 3.8) is 0 Å². The highest BCUT2D eigenvalue weighted by atomic mass is 16.5. The molecule has 1 aromatic rings. The molecule has 1 amide bonds. The van der Waals surface area contributed by atoms with Gasteiger partial charge in [0.25, 0.3) is 5.91 Å². The van der Waals surface area contributed by atoms with E-state index in [4.69, 9.17) is 4.74 Å². The third kappa shape index (κ3) is 4.34. The average molecular weight is 387 g/mol. The lowest BCUT2D eigenvalue weighted by Crippen LogP contribution is -2.39. The lowest BCUT2D eigenvalue weighted by Gasteiger charge is -2.39. The van der Waals surface area contributed by atoms with Gasteiger partial charge in [-0.3, -0.25) is 4.79 Å². The van der Waals surface area contributed by atoms with Crippen LogP contribution in [0, 0.1) is 10.8 Å². The predicted molar refractivity (Wildman–Crippen MR) is 112 cm³/mol. The van der Waals surface area contributed by atoms with Gasteiger partial charge in [0.05, 0.1) is 5.56 Å². The van der Waals surface area contributed by atoms with E-state index in [1.807, 2.05) is 17.0 Å². The summed E-state index contributed by atoms with van der Waals surface area (Å²) >= 11 is 0. The first-order valence-corrected chi connectivity index (χ1v) is 10.5. The Kier molecular flexibility index (Phi) is 5.74. The fourth-order valence-electron chi connectivity index (χ4n) is 5.44. The molecule has 2 bridgehead atoms. The molecule has 1 heterocycles. The lowest BCUT2D eigenvalue weighted by molar-refractivity contribution is -0.135. The van der Waals surface area contributed by atoms with Gasteiger partial charge in [-0.1, -0.05) is 20.8 Å².